The molecule has 1 nitrogen and oxygen atoms in total. The maximum Gasteiger partial charge on any atom is 0.115 e. The minimum Gasteiger partial charge on any atom is -0.508 e. The van der Waals surface area contributed by atoms with Crippen LogP contribution < -0.4 is 0 Å². The second-order valence-corrected chi connectivity index (χ2v) is 2.51. The molecule has 0 aliphatic heterocycles. The van der Waals surface area contributed by atoms with Crippen LogP contribution in [0.2, 0.25) is 0 Å². The average Bonchev–Trinajstić information content (AvgIpc) is 1.88. The highest BCUT2D eigenvalue weighted by Crippen LogP contribution is 2.13. The van der Waals surface area contributed by atoms with E-state index in [0.29, 0.717) is 5.56 Å². The van der Waals surface area contributed by atoms with Crippen molar-refractivity contribution in [2.24, 2.45) is 0 Å². The van der Waals surface area contributed by atoms with Gasteiger partial charge >= 0.3 is 0 Å². The van der Waals surface area contributed by atoms with Crippen LogP contribution in [-0.4, -0.2) is 5.11 Å². The van der Waals surface area contributed by atoms with Crippen LogP contribution >= 0.6 is 12.6 Å². The zero-order chi connectivity index (χ0) is 7.56. The molecule has 52 valence electrons. The predicted octanol–water partition coefficient (Wildman–Crippen LogP) is 2.50. The third-order valence-electron chi connectivity index (χ3n) is 1.18. The van der Waals surface area contributed by atoms with E-state index < -0.39 is 0 Å². The van der Waals surface area contributed by atoms with E-state index in [1.165, 1.54) is 0 Å². The molecule has 0 saturated heterocycles. The van der Waals surface area contributed by atoms with Gasteiger partial charge < -0.3 is 5.11 Å². The fraction of sp³-hybridized carbons (Fsp3) is 0. The van der Waals surface area contributed by atoms with Gasteiger partial charge in [-0.05, 0) is 12.1 Å². The molecule has 0 aliphatic rings. The lowest BCUT2D eigenvalue weighted by Gasteiger charge is -1.97. The monoisotopic (exact) mass is 152 g/mol. The first-order chi connectivity index (χ1) is 4.70. The van der Waals surface area contributed by atoms with Crippen molar-refractivity contribution in [3.05, 3.63) is 36.4 Å². The Bertz CT molecular complexity index is 255. The minimum atomic E-state index is 0.0795. The normalized spacial score (nSPS) is 9.30. The lowest BCUT2D eigenvalue weighted by Crippen LogP contribution is -1.78. The Labute approximate surface area is 65.4 Å². The first-order valence-electron chi connectivity index (χ1n) is 2.87. The van der Waals surface area contributed by atoms with Crippen LogP contribution in [0.15, 0.2) is 35.7 Å². The summed E-state index contributed by atoms with van der Waals surface area (Å²) in [7, 11) is 0. The van der Waals surface area contributed by atoms with E-state index in [0.717, 1.165) is 4.90 Å². The molecule has 0 bridgehead atoms. The number of aliphatic hydroxyl groups excluding tert-OH is 1. The molecular weight excluding hydrogens is 144 g/mol. The SMILES string of the molecule is C=C(O)c1cccc(S)c1. The van der Waals surface area contributed by atoms with E-state index in [1.807, 2.05) is 12.1 Å². The molecule has 1 aromatic rings. The largest absolute Gasteiger partial charge is 0.508 e. The van der Waals surface area contributed by atoms with E-state index in [2.05, 4.69) is 19.2 Å². The molecule has 0 amide bonds. The summed E-state index contributed by atoms with van der Waals surface area (Å²) in [6.07, 6.45) is 0. The minimum absolute atomic E-state index is 0.0795. The molecule has 0 aliphatic carbocycles. The Morgan fingerprint density at radius 2 is 2.20 bits per heavy atom. The van der Waals surface area contributed by atoms with Crippen LogP contribution in [0, 0.1) is 0 Å². The summed E-state index contributed by atoms with van der Waals surface area (Å²) in [6.45, 7) is 3.39. The van der Waals surface area contributed by atoms with Crippen LogP contribution in [-0.2, 0) is 0 Å². The van der Waals surface area contributed by atoms with Gasteiger partial charge in [-0.1, -0.05) is 18.7 Å². The Hall–Kier alpha value is -0.890. The highest BCUT2D eigenvalue weighted by molar-refractivity contribution is 7.80. The lowest BCUT2D eigenvalue weighted by atomic mass is 10.2. The third-order valence-corrected chi connectivity index (χ3v) is 1.46. The Kier molecular flexibility index (Phi) is 2.02. The van der Waals surface area contributed by atoms with Gasteiger partial charge in [0.1, 0.15) is 5.76 Å². The van der Waals surface area contributed by atoms with E-state index >= 15 is 0 Å². The summed E-state index contributed by atoms with van der Waals surface area (Å²) < 4.78 is 0. The molecule has 0 atom stereocenters. The third kappa shape index (κ3) is 1.54. The van der Waals surface area contributed by atoms with Crippen LogP contribution in [0.5, 0.6) is 0 Å². The summed E-state index contributed by atoms with van der Waals surface area (Å²) >= 11 is 4.10. The highest BCUT2D eigenvalue weighted by atomic mass is 32.1. The summed E-state index contributed by atoms with van der Waals surface area (Å²) in [5.74, 6) is 0.0795. The molecule has 10 heavy (non-hydrogen) atoms. The molecule has 0 radical (unpaired) electrons. The fourth-order valence-electron chi connectivity index (χ4n) is 0.685. The lowest BCUT2D eigenvalue weighted by molar-refractivity contribution is 0.513. The van der Waals surface area contributed by atoms with Crippen molar-refractivity contribution in [1.29, 1.82) is 0 Å². The summed E-state index contributed by atoms with van der Waals surface area (Å²) in [4.78, 5) is 0.827. The number of benzene rings is 1. The average molecular weight is 152 g/mol. The van der Waals surface area contributed by atoms with Crippen LogP contribution in [0.1, 0.15) is 5.56 Å². The van der Waals surface area contributed by atoms with Crippen molar-refractivity contribution in [3.8, 4) is 0 Å². The standard InChI is InChI=1S/C8H8OS/c1-6(9)7-3-2-4-8(10)5-7/h2-5,9-10H,1H2. The first-order valence-corrected chi connectivity index (χ1v) is 3.32. The highest BCUT2D eigenvalue weighted by Gasteiger charge is 1.93. The number of aliphatic hydroxyl groups is 1. The van der Waals surface area contributed by atoms with Gasteiger partial charge in [0.2, 0.25) is 0 Å². The molecule has 1 rings (SSSR count). The van der Waals surface area contributed by atoms with Crippen LogP contribution in [0.3, 0.4) is 0 Å². The van der Waals surface area contributed by atoms with Crippen LogP contribution in [0.4, 0.5) is 0 Å². The van der Waals surface area contributed by atoms with Gasteiger partial charge in [0.15, 0.2) is 0 Å². The van der Waals surface area contributed by atoms with Gasteiger partial charge in [0, 0.05) is 10.5 Å². The Balaban J connectivity index is 3.07. The second kappa shape index (κ2) is 2.80. The number of hydrogen-bond donors (Lipinski definition) is 2. The number of rotatable bonds is 1. The predicted molar refractivity (Wildman–Crippen MR) is 45.4 cm³/mol. The molecule has 1 N–H and O–H groups in total. The van der Waals surface area contributed by atoms with Crippen molar-refractivity contribution in [2.75, 3.05) is 0 Å². The molecule has 0 aromatic heterocycles. The van der Waals surface area contributed by atoms with Crippen molar-refractivity contribution in [3.63, 3.8) is 0 Å². The van der Waals surface area contributed by atoms with Gasteiger partial charge in [-0.25, -0.2) is 0 Å². The summed E-state index contributed by atoms with van der Waals surface area (Å²) in [5.41, 5.74) is 0.715. The fourth-order valence-corrected chi connectivity index (χ4v) is 0.911. The van der Waals surface area contributed by atoms with Crippen molar-refractivity contribution in [1.82, 2.24) is 0 Å². The zero-order valence-corrected chi connectivity index (χ0v) is 6.31. The van der Waals surface area contributed by atoms with E-state index in [9.17, 15) is 0 Å². The molecule has 0 heterocycles. The molecular formula is C8H8OS. The van der Waals surface area contributed by atoms with Crippen molar-refractivity contribution in [2.45, 2.75) is 4.90 Å². The van der Waals surface area contributed by atoms with Crippen molar-refractivity contribution < 1.29 is 5.11 Å². The molecule has 2 heteroatoms. The van der Waals surface area contributed by atoms with E-state index in [-0.39, 0.29) is 5.76 Å². The zero-order valence-electron chi connectivity index (χ0n) is 5.41. The molecule has 0 saturated carbocycles. The summed E-state index contributed by atoms with van der Waals surface area (Å²) in [5, 5.41) is 8.92. The number of thiol groups is 1. The maximum absolute atomic E-state index is 8.92. The van der Waals surface area contributed by atoms with E-state index in [1.54, 1.807) is 12.1 Å². The summed E-state index contributed by atoms with van der Waals surface area (Å²) in [6, 6.07) is 7.20. The van der Waals surface area contributed by atoms with Crippen LogP contribution in [0.25, 0.3) is 5.76 Å². The Morgan fingerprint density at radius 1 is 1.50 bits per heavy atom. The maximum atomic E-state index is 8.92. The quantitative estimate of drug-likeness (QED) is 0.468. The smallest absolute Gasteiger partial charge is 0.115 e. The second-order valence-electron chi connectivity index (χ2n) is 2.00. The first kappa shape index (κ1) is 7.22. The van der Waals surface area contributed by atoms with E-state index in [4.69, 9.17) is 5.11 Å². The number of hydrogen-bond acceptors (Lipinski definition) is 2. The van der Waals surface area contributed by atoms with Gasteiger partial charge in [-0.15, -0.1) is 12.6 Å². The molecule has 0 spiro atoms. The van der Waals surface area contributed by atoms with Gasteiger partial charge in [-0.2, -0.15) is 0 Å². The van der Waals surface area contributed by atoms with Gasteiger partial charge in [-0.3, -0.25) is 0 Å². The van der Waals surface area contributed by atoms with Gasteiger partial charge in [0.05, 0.1) is 0 Å². The molecule has 0 fully saturated rings. The molecule has 1 aromatic carbocycles. The van der Waals surface area contributed by atoms with Crippen molar-refractivity contribution >= 4 is 18.4 Å². The molecule has 0 unspecified atom stereocenters. The Morgan fingerprint density at radius 3 is 2.60 bits per heavy atom. The topological polar surface area (TPSA) is 20.2 Å². The van der Waals surface area contributed by atoms with Gasteiger partial charge in [0.25, 0.3) is 0 Å².